The summed E-state index contributed by atoms with van der Waals surface area (Å²) in [4.78, 5) is 21.3. The molecule has 0 aliphatic heterocycles. The fourth-order valence-electron chi connectivity index (χ4n) is 2.81. The summed E-state index contributed by atoms with van der Waals surface area (Å²) in [5.74, 6) is -1.90. The first kappa shape index (κ1) is 18.9. The van der Waals surface area contributed by atoms with Crippen LogP contribution in [0.15, 0.2) is 54.2 Å². The summed E-state index contributed by atoms with van der Waals surface area (Å²) < 4.78 is 32.3. The Morgan fingerprint density at radius 3 is 2.69 bits per heavy atom. The van der Waals surface area contributed by atoms with Crippen LogP contribution in [0.3, 0.4) is 0 Å². The normalized spacial score (nSPS) is 10.9. The molecule has 29 heavy (non-hydrogen) atoms. The van der Waals surface area contributed by atoms with Gasteiger partial charge in [-0.15, -0.1) is 11.3 Å². The summed E-state index contributed by atoms with van der Waals surface area (Å²) in [5.41, 5.74) is 2.92. The number of aryl methyl sites for hydroxylation is 1. The summed E-state index contributed by atoms with van der Waals surface area (Å²) in [6, 6.07) is 10.9. The van der Waals surface area contributed by atoms with Crippen molar-refractivity contribution in [2.45, 2.75) is 6.92 Å². The first-order valence-electron chi connectivity index (χ1n) is 8.68. The lowest BCUT2D eigenvalue weighted by Crippen LogP contribution is -2.21. The van der Waals surface area contributed by atoms with Gasteiger partial charge in [0.1, 0.15) is 22.8 Å². The molecule has 1 amide bonds. The third kappa shape index (κ3) is 4.07. The monoisotopic (exact) mass is 411 g/mol. The molecular formula is C21H15F2N3O2S. The minimum Gasteiger partial charge on any atom is -0.467 e. The van der Waals surface area contributed by atoms with Crippen LogP contribution < -0.4 is 10.1 Å². The van der Waals surface area contributed by atoms with Crippen LogP contribution >= 0.6 is 11.3 Å². The lowest BCUT2D eigenvalue weighted by molar-refractivity contribution is -0.118. The fraction of sp³-hybridized carbons (Fsp3) is 0.0952. The highest BCUT2D eigenvalue weighted by Crippen LogP contribution is 2.37. The van der Waals surface area contributed by atoms with Crippen molar-refractivity contribution in [3.8, 4) is 17.0 Å². The fourth-order valence-corrected chi connectivity index (χ4v) is 3.72. The molecule has 0 bridgehead atoms. The lowest BCUT2D eigenvalue weighted by Gasteiger charge is -2.09. The molecule has 2 heterocycles. The molecule has 1 N–H and O–H groups in total. The molecule has 5 nitrogen and oxygen atoms in total. The van der Waals surface area contributed by atoms with Crippen LogP contribution in [-0.2, 0) is 4.79 Å². The molecule has 0 spiro atoms. The second kappa shape index (κ2) is 7.92. The predicted molar refractivity (Wildman–Crippen MR) is 108 cm³/mol. The summed E-state index contributed by atoms with van der Waals surface area (Å²) in [6.45, 7) is 1.63. The maximum Gasteiger partial charge on any atom is 0.262 e. The number of fused-ring (bicyclic) bond motifs is 1. The standard InChI is InChI=1S/C21H15F2N3O2S/c1-12-2-4-13(5-3-12)15-10-29-21-19(15)20(24-11-25-21)28-9-18(27)26-17-7-6-14(22)8-16(17)23/h2-8,10-11H,9H2,1H3,(H,26,27). The molecule has 0 fully saturated rings. The average molecular weight is 411 g/mol. The number of aromatic nitrogens is 2. The highest BCUT2D eigenvalue weighted by Gasteiger charge is 2.16. The number of hydrogen-bond acceptors (Lipinski definition) is 5. The van der Waals surface area contributed by atoms with Crippen molar-refractivity contribution in [2.75, 3.05) is 11.9 Å². The van der Waals surface area contributed by atoms with Gasteiger partial charge in [0.15, 0.2) is 6.61 Å². The van der Waals surface area contributed by atoms with E-state index >= 15 is 0 Å². The summed E-state index contributed by atoms with van der Waals surface area (Å²) in [5, 5.41) is 5.03. The van der Waals surface area contributed by atoms with Gasteiger partial charge in [0.25, 0.3) is 5.91 Å². The molecule has 0 unspecified atom stereocenters. The van der Waals surface area contributed by atoms with Crippen molar-refractivity contribution in [1.82, 2.24) is 9.97 Å². The number of nitrogens with zero attached hydrogens (tertiary/aromatic N) is 2. The van der Waals surface area contributed by atoms with Crippen molar-refractivity contribution in [2.24, 2.45) is 0 Å². The zero-order valence-corrected chi connectivity index (χ0v) is 16.1. The van der Waals surface area contributed by atoms with E-state index in [-0.39, 0.29) is 18.2 Å². The Hall–Kier alpha value is -3.39. The van der Waals surface area contributed by atoms with Gasteiger partial charge in [-0.25, -0.2) is 18.7 Å². The second-order valence-electron chi connectivity index (χ2n) is 6.34. The minimum atomic E-state index is -0.859. The predicted octanol–water partition coefficient (Wildman–Crippen LogP) is 4.96. The zero-order valence-electron chi connectivity index (χ0n) is 15.3. The van der Waals surface area contributed by atoms with Crippen molar-refractivity contribution < 1.29 is 18.3 Å². The molecule has 4 aromatic rings. The molecule has 146 valence electrons. The molecule has 0 radical (unpaired) electrons. The maximum absolute atomic E-state index is 13.7. The van der Waals surface area contributed by atoms with Gasteiger partial charge < -0.3 is 10.1 Å². The minimum absolute atomic E-state index is 0.122. The van der Waals surface area contributed by atoms with Gasteiger partial charge in [-0.05, 0) is 24.6 Å². The highest BCUT2D eigenvalue weighted by atomic mass is 32.1. The molecule has 0 saturated heterocycles. The smallest absolute Gasteiger partial charge is 0.262 e. The number of rotatable bonds is 5. The number of benzene rings is 2. The molecule has 4 rings (SSSR count). The molecular weight excluding hydrogens is 396 g/mol. The van der Waals surface area contributed by atoms with E-state index in [1.807, 2.05) is 36.6 Å². The van der Waals surface area contributed by atoms with Crippen LogP contribution in [-0.4, -0.2) is 22.5 Å². The molecule has 2 aromatic carbocycles. The van der Waals surface area contributed by atoms with Crippen molar-refractivity contribution in [1.29, 1.82) is 0 Å². The Balaban J connectivity index is 1.55. The summed E-state index contributed by atoms with van der Waals surface area (Å²) >= 11 is 1.45. The zero-order chi connectivity index (χ0) is 20.4. The van der Waals surface area contributed by atoms with E-state index in [1.165, 1.54) is 17.7 Å². The van der Waals surface area contributed by atoms with E-state index in [1.54, 1.807) is 0 Å². The van der Waals surface area contributed by atoms with Crippen LogP contribution in [0.1, 0.15) is 5.56 Å². The molecule has 2 aromatic heterocycles. The van der Waals surface area contributed by atoms with Crippen molar-refractivity contribution in [3.05, 3.63) is 71.4 Å². The quantitative estimate of drug-likeness (QED) is 0.504. The van der Waals surface area contributed by atoms with Crippen LogP contribution in [0.4, 0.5) is 14.5 Å². The van der Waals surface area contributed by atoms with Crippen LogP contribution in [0.25, 0.3) is 21.3 Å². The van der Waals surface area contributed by atoms with E-state index in [4.69, 9.17) is 4.74 Å². The Labute approximate surface area is 169 Å². The van der Waals surface area contributed by atoms with Crippen LogP contribution in [0, 0.1) is 18.6 Å². The number of anilines is 1. The van der Waals surface area contributed by atoms with Gasteiger partial charge in [0.2, 0.25) is 5.88 Å². The first-order valence-corrected chi connectivity index (χ1v) is 9.56. The maximum atomic E-state index is 13.7. The number of thiophene rings is 1. The third-order valence-electron chi connectivity index (χ3n) is 4.24. The number of ether oxygens (including phenoxy) is 1. The largest absolute Gasteiger partial charge is 0.467 e. The van der Waals surface area contributed by atoms with E-state index in [9.17, 15) is 13.6 Å². The van der Waals surface area contributed by atoms with Gasteiger partial charge in [-0.2, -0.15) is 0 Å². The number of carbonyl (C=O) groups is 1. The Kier molecular flexibility index (Phi) is 5.18. The van der Waals surface area contributed by atoms with E-state index in [0.717, 1.165) is 33.7 Å². The topological polar surface area (TPSA) is 64.1 Å². The third-order valence-corrected chi connectivity index (χ3v) is 5.13. The van der Waals surface area contributed by atoms with Crippen LogP contribution in [0.2, 0.25) is 0 Å². The Bertz CT molecular complexity index is 1190. The number of carbonyl (C=O) groups excluding carboxylic acids is 1. The van der Waals surface area contributed by atoms with Crippen molar-refractivity contribution >= 4 is 33.1 Å². The van der Waals surface area contributed by atoms with E-state index in [2.05, 4.69) is 15.3 Å². The highest BCUT2D eigenvalue weighted by molar-refractivity contribution is 7.17. The number of nitrogens with one attached hydrogen (secondary N) is 1. The van der Waals surface area contributed by atoms with Gasteiger partial charge in [0.05, 0.1) is 11.1 Å². The average Bonchev–Trinajstić information content (AvgIpc) is 3.14. The summed E-state index contributed by atoms with van der Waals surface area (Å²) in [6.07, 6.45) is 1.37. The van der Waals surface area contributed by atoms with Gasteiger partial charge in [-0.1, -0.05) is 29.8 Å². The molecule has 0 atom stereocenters. The second-order valence-corrected chi connectivity index (χ2v) is 7.19. The Morgan fingerprint density at radius 1 is 1.14 bits per heavy atom. The van der Waals surface area contributed by atoms with Gasteiger partial charge in [0, 0.05) is 17.0 Å². The lowest BCUT2D eigenvalue weighted by atomic mass is 10.0. The van der Waals surface area contributed by atoms with E-state index < -0.39 is 17.5 Å². The molecule has 8 heteroatoms. The van der Waals surface area contributed by atoms with Crippen molar-refractivity contribution in [3.63, 3.8) is 0 Å². The van der Waals surface area contributed by atoms with Gasteiger partial charge >= 0.3 is 0 Å². The summed E-state index contributed by atoms with van der Waals surface area (Å²) in [7, 11) is 0. The number of halogens is 2. The molecule has 0 saturated carbocycles. The number of hydrogen-bond donors (Lipinski definition) is 1. The molecule has 0 aliphatic rings. The number of amides is 1. The Morgan fingerprint density at radius 2 is 1.93 bits per heavy atom. The first-order chi connectivity index (χ1) is 14.0. The van der Waals surface area contributed by atoms with Crippen LogP contribution in [0.5, 0.6) is 5.88 Å². The molecule has 0 aliphatic carbocycles. The van der Waals surface area contributed by atoms with Gasteiger partial charge in [-0.3, -0.25) is 4.79 Å². The SMILES string of the molecule is Cc1ccc(-c2csc3ncnc(OCC(=O)Nc4ccc(F)cc4F)c23)cc1. The van der Waals surface area contributed by atoms with E-state index in [0.29, 0.717) is 11.5 Å².